The van der Waals surface area contributed by atoms with E-state index in [0.29, 0.717) is 25.1 Å². The van der Waals surface area contributed by atoms with Gasteiger partial charge in [-0.25, -0.2) is 9.18 Å². The summed E-state index contributed by atoms with van der Waals surface area (Å²) >= 11 is 1.72. The lowest BCUT2D eigenvalue weighted by molar-refractivity contribution is 0.241. The predicted molar refractivity (Wildman–Crippen MR) is 97.0 cm³/mol. The molecule has 24 heavy (non-hydrogen) atoms. The molecule has 0 atom stereocenters. The number of amides is 2. The van der Waals surface area contributed by atoms with Crippen molar-refractivity contribution in [2.24, 2.45) is 0 Å². The van der Waals surface area contributed by atoms with Crippen LogP contribution in [0.2, 0.25) is 0 Å². The molecular weight excluding hydrogens is 323 g/mol. The third kappa shape index (κ3) is 4.11. The third-order valence-electron chi connectivity index (χ3n) is 3.88. The van der Waals surface area contributed by atoms with E-state index in [1.54, 1.807) is 29.5 Å². The largest absolute Gasteiger partial charge is 0.338 e. The number of halogens is 1. The molecule has 0 aliphatic heterocycles. The highest BCUT2D eigenvalue weighted by molar-refractivity contribution is 7.17. The summed E-state index contributed by atoms with van der Waals surface area (Å²) in [5.74, 6) is -0.232. The van der Waals surface area contributed by atoms with Gasteiger partial charge < -0.3 is 10.6 Å². The highest BCUT2D eigenvalue weighted by Crippen LogP contribution is 2.25. The van der Waals surface area contributed by atoms with E-state index in [1.165, 1.54) is 21.7 Å². The first-order valence-electron chi connectivity index (χ1n) is 7.94. The quantitative estimate of drug-likeness (QED) is 0.695. The summed E-state index contributed by atoms with van der Waals surface area (Å²) in [6.07, 6.45) is 1.28. The Bertz CT molecular complexity index is 831. The number of hydrogen-bond donors (Lipinski definition) is 2. The fraction of sp³-hybridized carbons (Fsp3) is 0.211. The molecule has 124 valence electrons. The Labute approximate surface area is 144 Å². The topological polar surface area (TPSA) is 41.1 Å². The van der Waals surface area contributed by atoms with Crippen LogP contribution in [0.5, 0.6) is 0 Å². The Morgan fingerprint density at radius 1 is 0.917 bits per heavy atom. The molecule has 1 heterocycles. The highest BCUT2D eigenvalue weighted by atomic mass is 32.1. The van der Waals surface area contributed by atoms with Crippen molar-refractivity contribution in [1.29, 1.82) is 0 Å². The summed E-state index contributed by atoms with van der Waals surface area (Å²) in [5, 5.41) is 9.00. The number of fused-ring (bicyclic) bond motifs is 1. The zero-order chi connectivity index (χ0) is 16.8. The van der Waals surface area contributed by atoms with Gasteiger partial charge in [0, 0.05) is 17.8 Å². The zero-order valence-corrected chi connectivity index (χ0v) is 14.0. The molecule has 2 aromatic carbocycles. The summed E-state index contributed by atoms with van der Waals surface area (Å²) in [5.41, 5.74) is 1.87. The van der Waals surface area contributed by atoms with Crippen molar-refractivity contribution >= 4 is 27.5 Å². The second kappa shape index (κ2) is 7.93. The minimum Gasteiger partial charge on any atom is -0.338 e. The van der Waals surface area contributed by atoms with Gasteiger partial charge in [-0.05, 0) is 46.9 Å². The van der Waals surface area contributed by atoms with E-state index in [-0.39, 0.29) is 11.8 Å². The molecular formula is C19H19FN2OS. The molecule has 3 rings (SSSR count). The zero-order valence-electron chi connectivity index (χ0n) is 13.2. The van der Waals surface area contributed by atoms with Gasteiger partial charge >= 0.3 is 6.03 Å². The summed E-state index contributed by atoms with van der Waals surface area (Å²) in [7, 11) is 0. The minimum atomic E-state index is -0.232. The fourth-order valence-electron chi connectivity index (χ4n) is 2.61. The molecule has 1 aromatic heterocycles. The van der Waals surface area contributed by atoms with Gasteiger partial charge in [0.05, 0.1) is 0 Å². The van der Waals surface area contributed by atoms with Gasteiger partial charge in [-0.2, -0.15) is 0 Å². The van der Waals surface area contributed by atoms with Crippen LogP contribution < -0.4 is 10.6 Å². The first-order chi connectivity index (χ1) is 11.7. The van der Waals surface area contributed by atoms with Crippen molar-refractivity contribution < 1.29 is 9.18 Å². The summed E-state index contributed by atoms with van der Waals surface area (Å²) in [6.45, 7) is 0.987. The lowest BCUT2D eigenvalue weighted by atomic mass is 10.1. The average molecular weight is 342 g/mol. The van der Waals surface area contributed by atoms with E-state index in [0.717, 1.165) is 6.42 Å². The monoisotopic (exact) mass is 342 g/mol. The second-order valence-corrected chi connectivity index (χ2v) is 6.44. The number of carbonyl (C=O) groups is 1. The third-order valence-corrected chi connectivity index (χ3v) is 4.89. The Hall–Kier alpha value is -2.40. The normalized spacial score (nSPS) is 10.7. The standard InChI is InChI=1S/C19H19FN2OS/c20-17-7-3-1-5-14(17)9-11-21-19(23)22-12-10-15-13-24-18-8-4-2-6-16(15)18/h1-8,13H,9-12H2,(H2,21,22,23). The summed E-state index contributed by atoms with van der Waals surface area (Å²) in [6, 6.07) is 14.7. The van der Waals surface area contributed by atoms with Crippen molar-refractivity contribution in [2.75, 3.05) is 13.1 Å². The van der Waals surface area contributed by atoms with Crippen LogP contribution in [0.15, 0.2) is 53.9 Å². The number of rotatable bonds is 6. The summed E-state index contributed by atoms with van der Waals surface area (Å²) < 4.78 is 14.7. The van der Waals surface area contributed by atoms with Crippen molar-refractivity contribution in [3.05, 3.63) is 70.9 Å². The molecule has 2 amide bonds. The van der Waals surface area contributed by atoms with Crippen molar-refractivity contribution in [2.45, 2.75) is 12.8 Å². The second-order valence-electron chi connectivity index (χ2n) is 5.53. The molecule has 3 nitrogen and oxygen atoms in total. The highest BCUT2D eigenvalue weighted by Gasteiger charge is 2.05. The predicted octanol–water partition coefficient (Wildman–Crippen LogP) is 4.12. The van der Waals surface area contributed by atoms with Crippen LogP contribution in [0.3, 0.4) is 0 Å². The van der Waals surface area contributed by atoms with Gasteiger partial charge in [0.25, 0.3) is 0 Å². The lowest BCUT2D eigenvalue weighted by Crippen LogP contribution is -2.37. The number of carbonyl (C=O) groups excluding carboxylic acids is 1. The maximum Gasteiger partial charge on any atom is 0.314 e. The van der Waals surface area contributed by atoms with E-state index < -0.39 is 0 Å². The Morgan fingerprint density at radius 3 is 2.38 bits per heavy atom. The van der Waals surface area contributed by atoms with Crippen LogP contribution in [0.25, 0.3) is 10.1 Å². The minimum absolute atomic E-state index is 0.217. The van der Waals surface area contributed by atoms with Crippen molar-refractivity contribution in [3.63, 3.8) is 0 Å². The first-order valence-corrected chi connectivity index (χ1v) is 8.82. The van der Waals surface area contributed by atoms with Gasteiger partial charge in [-0.3, -0.25) is 0 Å². The van der Waals surface area contributed by atoms with E-state index in [2.05, 4.69) is 28.1 Å². The Balaban J connectivity index is 1.41. The molecule has 0 bridgehead atoms. The lowest BCUT2D eigenvalue weighted by Gasteiger charge is -2.08. The Morgan fingerprint density at radius 2 is 1.58 bits per heavy atom. The SMILES string of the molecule is O=C(NCCc1ccccc1F)NCCc1csc2ccccc12. The number of thiophene rings is 1. The van der Waals surface area contributed by atoms with E-state index in [9.17, 15) is 9.18 Å². The molecule has 0 saturated heterocycles. The van der Waals surface area contributed by atoms with Crippen LogP contribution >= 0.6 is 11.3 Å². The van der Waals surface area contributed by atoms with E-state index in [1.807, 2.05) is 12.1 Å². The molecule has 0 aliphatic carbocycles. The van der Waals surface area contributed by atoms with Crippen molar-refractivity contribution in [3.8, 4) is 0 Å². The molecule has 0 saturated carbocycles. The average Bonchev–Trinajstić information content (AvgIpc) is 3.00. The van der Waals surface area contributed by atoms with Crippen molar-refractivity contribution in [1.82, 2.24) is 10.6 Å². The van der Waals surface area contributed by atoms with Gasteiger partial charge in [0.1, 0.15) is 5.82 Å². The molecule has 0 aliphatic rings. The van der Waals surface area contributed by atoms with Crippen LogP contribution in [0.1, 0.15) is 11.1 Å². The van der Waals surface area contributed by atoms with Crippen LogP contribution in [0.4, 0.5) is 9.18 Å². The number of benzene rings is 2. The molecule has 0 radical (unpaired) electrons. The number of nitrogens with one attached hydrogen (secondary N) is 2. The molecule has 0 unspecified atom stereocenters. The smallest absolute Gasteiger partial charge is 0.314 e. The van der Waals surface area contributed by atoms with Gasteiger partial charge in [0.15, 0.2) is 0 Å². The Kier molecular flexibility index (Phi) is 5.43. The summed E-state index contributed by atoms with van der Waals surface area (Å²) in [4.78, 5) is 11.8. The van der Waals surface area contributed by atoms with Crippen LogP contribution in [-0.4, -0.2) is 19.1 Å². The van der Waals surface area contributed by atoms with Crippen LogP contribution in [0, 0.1) is 5.82 Å². The van der Waals surface area contributed by atoms with Gasteiger partial charge in [0.2, 0.25) is 0 Å². The molecule has 0 fully saturated rings. The number of hydrogen-bond acceptors (Lipinski definition) is 2. The molecule has 0 spiro atoms. The molecule has 3 aromatic rings. The maximum atomic E-state index is 13.5. The molecule has 5 heteroatoms. The maximum absolute atomic E-state index is 13.5. The van der Waals surface area contributed by atoms with Crippen LogP contribution in [-0.2, 0) is 12.8 Å². The fourth-order valence-corrected chi connectivity index (χ4v) is 3.61. The molecule has 2 N–H and O–H groups in total. The van der Waals surface area contributed by atoms with Gasteiger partial charge in [-0.15, -0.1) is 11.3 Å². The van der Waals surface area contributed by atoms with E-state index in [4.69, 9.17) is 0 Å². The first kappa shape index (κ1) is 16.5. The van der Waals surface area contributed by atoms with E-state index >= 15 is 0 Å². The number of urea groups is 1. The van der Waals surface area contributed by atoms with Gasteiger partial charge in [-0.1, -0.05) is 36.4 Å².